The molecule has 0 spiro atoms. The highest BCUT2D eigenvalue weighted by molar-refractivity contribution is 5.68. The van der Waals surface area contributed by atoms with Crippen molar-refractivity contribution in [2.45, 2.75) is 20.3 Å². The molecule has 1 aromatic heterocycles. The van der Waals surface area contributed by atoms with E-state index in [1.54, 1.807) is 6.26 Å². The van der Waals surface area contributed by atoms with Crippen molar-refractivity contribution in [2.24, 2.45) is 0 Å². The second-order valence-corrected chi connectivity index (χ2v) is 3.32. The van der Waals surface area contributed by atoms with E-state index < -0.39 is 0 Å². The minimum absolute atomic E-state index is 0.950. The molecule has 1 aromatic carbocycles. The van der Waals surface area contributed by atoms with Gasteiger partial charge in [0.05, 0.1) is 5.69 Å². The lowest BCUT2D eigenvalue weighted by molar-refractivity contribution is 0.415. The van der Waals surface area contributed by atoms with Crippen LogP contribution < -0.4 is 0 Å². The fourth-order valence-electron chi connectivity index (χ4n) is 1.64. The number of aryl methyl sites for hydroxylation is 2. The zero-order valence-electron chi connectivity index (χ0n) is 8.45. The van der Waals surface area contributed by atoms with E-state index in [0.29, 0.717) is 0 Å². The molecule has 1 heterocycles. The molecular formula is C12H13NO. The Morgan fingerprint density at radius 3 is 2.64 bits per heavy atom. The fourth-order valence-corrected chi connectivity index (χ4v) is 1.64. The average Bonchev–Trinajstić information content (AvgIpc) is 2.64. The van der Waals surface area contributed by atoms with Crippen LogP contribution in [0.5, 0.6) is 0 Å². The molecule has 0 saturated carbocycles. The van der Waals surface area contributed by atoms with Gasteiger partial charge in [-0.3, -0.25) is 0 Å². The van der Waals surface area contributed by atoms with Crippen LogP contribution >= 0.6 is 0 Å². The topological polar surface area (TPSA) is 26.0 Å². The molecule has 0 amide bonds. The summed E-state index contributed by atoms with van der Waals surface area (Å²) in [5, 5.41) is 3.89. The standard InChI is InChI=1S/C12H13NO/c1-3-10-6-4-5-7-11(10)12-8-14-13-9(12)2/h4-8H,3H2,1-2H3. The SMILES string of the molecule is CCc1ccccc1-c1conc1C. The predicted octanol–water partition coefficient (Wildman–Crippen LogP) is 3.21. The first-order valence-corrected chi connectivity index (χ1v) is 4.82. The normalized spacial score (nSPS) is 10.4. The van der Waals surface area contributed by atoms with Crippen molar-refractivity contribution in [1.29, 1.82) is 0 Å². The molecule has 0 saturated heterocycles. The molecule has 0 radical (unpaired) electrons. The molecule has 72 valence electrons. The van der Waals surface area contributed by atoms with Crippen LogP contribution in [0.3, 0.4) is 0 Å². The lowest BCUT2D eigenvalue weighted by Gasteiger charge is -2.04. The first-order chi connectivity index (χ1) is 6.83. The molecule has 2 nitrogen and oxygen atoms in total. The van der Waals surface area contributed by atoms with Crippen molar-refractivity contribution in [3.8, 4) is 11.1 Å². The van der Waals surface area contributed by atoms with Gasteiger partial charge in [0.2, 0.25) is 0 Å². The summed E-state index contributed by atoms with van der Waals surface area (Å²) in [6.07, 6.45) is 2.74. The molecular weight excluding hydrogens is 174 g/mol. The lowest BCUT2D eigenvalue weighted by atomic mass is 9.99. The third-order valence-corrected chi connectivity index (χ3v) is 2.44. The van der Waals surface area contributed by atoms with Crippen LogP contribution in [0.2, 0.25) is 0 Å². The first kappa shape index (κ1) is 9.00. The summed E-state index contributed by atoms with van der Waals surface area (Å²) in [7, 11) is 0. The van der Waals surface area contributed by atoms with Crippen LogP contribution in [-0.4, -0.2) is 5.16 Å². The van der Waals surface area contributed by atoms with Crippen molar-refractivity contribution >= 4 is 0 Å². The average molecular weight is 187 g/mol. The molecule has 0 aliphatic rings. The van der Waals surface area contributed by atoms with Gasteiger partial charge >= 0.3 is 0 Å². The Morgan fingerprint density at radius 1 is 1.21 bits per heavy atom. The summed E-state index contributed by atoms with van der Waals surface area (Å²) in [6, 6.07) is 8.35. The number of hydrogen-bond donors (Lipinski definition) is 0. The van der Waals surface area contributed by atoms with Crippen LogP contribution in [0.4, 0.5) is 0 Å². The van der Waals surface area contributed by atoms with E-state index in [1.807, 2.05) is 13.0 Å². The summed E-state index contributed by atoms with van der Waals surface area (Å²) in [6.45, 7) is 4.12. The van der Waals surface area contributed by atoms with Crippen molar-refractivity contribution in [2.75, 3.05) is 0 Å². The molecule has 0 N–H and O–H groups in total. The van der Waals surface area contributed by atoms with Gasteiger partial charge in [0.25, 0.3) is 0 Å². The van der Waals surface area contributed by atoms with E-state index in [4.69, 9.17) is 4.52 Å². The highest BCUT2D eigenvalue weighted by Gasteiger charge is 2.08. The van der Waals surface area contributed by atoms with E-state index >= 15 is 0 Å². The van der Waals surface area contributed by atoms with Gasteiger partial charge in [-0.15, -0.1) is 0 Å². The quantitative estimate of drug-likeness (QED) is 0.721. The van der Waals surface area contributed by atoms with Gasteiger partial charge in [0.15, 0.2) is 0 Å². The van der Waals surface area contributed by atoms with Gasteiger partial charge in [-0.05, 0) is 24.5 Å². The summed E-state index contributed by atoms with van der Waals surface area (Å²) in [5.41, 5.74) is 4.61. The molecule has 2 aromatic rings. The summed E-state index contributed by atoms with van der Waals surface area (Å²) >= 11 is 0. The largest absolute Gasteiger partial charge is 0.364 e. The molecule has 0 aliphatic heterocycles. The minimum Gasteiger partial charge on any atom is -0.364 e. The molecule has 0 fully saturated rings. The van der Waals surface area contributed by atoms with Gasteiger partial charge in [-0.2, -0.15) is 0 Å². The maximum absolute atomic E-state index is 4.95. The van der Waals surface area contributed by atoms with E-state index in [0.717, 1.165) is 17.7 Å². The van der Waals surface area contributed by atoms with Gasteiger partial charge in [-0.25, -0.2) is 0 Å². The van der Waals surface area contributed by atoms with Gasteiger partial charge in [0, 0.05) is 5.56 Å². The van der Waals surface area contributed by atoms with Crippen LogP contribution in [0.25, 0.3) is 11.1 Å². The number of benzene rings is 1. The van der Waals surface area contributed by atoms with Crippen molar-refractivity contribution in [1.82, 2.24) is 5.16 Å². The van der Waals surface area contributed by atoms with Gasteiger partial charge in [0.1, 0.15) is 6.26 Å². The van der Waals surface area contributed by atoms with Crippen LogP contribution in [0.15, 0.2) is 35.1 Å². The Morgan fingerprint density at radius 2 is 2.00 bits per heavy atom. The third-order valence-electron chi connectivity index (χ3n) is 2.44. The zero-order chi connectivity index (χ0) is 9.97. The number of aromatic nitrogens is 1. The van der Waals surface area contributed by atoms with Crippen molar-refractivity contribution in [3.05, 3.63) is 41.8 Å². The maximum Gasteiger partial charge on any atom is 0.131 e. The zero-order valence-corrected chi connectivity index (χ0v) is 8.45. The van der Waals surface area contributed by atoms with Crippen LogP contribution in [0.1, 0.15) is 18.2 Å². The first-order valence-electron chi connectivity index (χ1n) is 4.82. The molecule has 0 aliphatic carbocycles. The Bertz CT molecular complexity index is 431. The second-order valence-electron chi connectivity index (χ2n) is 3.32. The monoisotopic (exact) mass is 187 g/mol. The van der Waals surface area contributed by atoms with Crippen molar-refractivity contribution < 1.29 is 4.52 Å². The van der Waals surface area contributed by atoms with E-state index in [1.165, 1.54) is 11.1 Å². The molecule has 0 bridgehead atoms. The fraction of sp³-hybridized carbons (Fsp3) is 0.250. The van der Waals surface area contributed by atoms with E-state index in [-0.39, 0.29) is 0 Å². The number of hydrogen-bond acceptors (Lipinski definition) is 2. The minimum atomic E-state index is 0.950. The highest BCUT2D eigenvalue weighted by atomic mass is 16.5. The summed E-state index contributed by atoms with van der Waals surface area (Å²) < 4.78 is 4.95. The Kier molecular flexibility index (Phi) is 2.35. The summed E-state index contributed by atoms with van der Waals surface area (Å²) in [4.78, 5) is 0. The summed E-state index contributed by atoms with van der Waals surface area (Å²) in [5.74, 6) is 0. The highest BCUT2D eigenvalue weighted by Crippen LogP contribution is 2.26. The molecule has 14 heavy (non-hydrogen) atoms. The smallest absolute Gasteiger partial charge is 0.131 e. The second kappa shape index (κ2) is 3.66. The predicted molar refractivity (Wildman–Crippen MR) is 56.1 cm³/mol. The Hall–Kier alpha value is -1.57. The molecule has 2 heteroatoms. The van der Waals surface area contributed by atoms with Crippen LogP contribution in [-0.2, 0) is 6.42 Å². The molecule has 2 rings (SSSR count). The van der Waals surface area contributed by atoms with E-state index in [9.17, 15) is 0 Å². The van der Waals surface area contributed by atoms with E-state index in [2.05, 4.69) is 30.3 Å². The van der Waals surface area contributed by atoms with Crippen LogP contribution in [0, 0.1) is 6.92 Å². The molecule has 0 atom stereocenters. The van der Waals surface area contributed by atoms with Gasteiger partial charge in [-0.1, -0.05) is 36.3 Å². The number of rotatable bonds is 2. The Labute approximate surface area is 83.5 Å². The lowest BCUT2D eigenvalue weighted by Crippen LogP contribution is -1.87. The molecule has 0 unspecified atom stereocenters. The van der Waals surface area contributed by atoms with Gasteiger partial charge < -0.3 is 4.52 Å². The maximum atomic E-state index is 4.95. The van der Waals surface area contributed by atoms with Crippen molar-refractivity contribution in [3.63, 3.8) is 0 Å². The third kappa shape index (κ3) is 1.43. The number of nitrogens with zero attached hydrogens (tertiary/aromatic N) is 1. The Balaban J connectivity index is 2.56.